The second-order valence-electron chi connectivity index (χ2n) is 6.61. The van der Waals surface area contributed by atoms with Crippen LogP contribution in [0, 0.1) is 5.92 Å². The average Bonchev–Trinajstić information content (AvgIpc) is 2.59. The summed E-state index contributed by atoms with van der Waals surface area (Å²) in [6.45, 7) is 2.53. The number of ether oxygens (including phenoxy) is 2. The van der Waals surface area contributed by atoms with Crippen molar-refractivity contribution in [1.29, 1.82) is 0 Å². The van der Waals surface area contributed by atoms with Gasteiger partial charge in [-0.2, -0.15) is 0 Å². The van der Waals surface area contributed by atoms with E-state index >= 15 is 0 Å². The minimum Gasteiger partial charge on any atom is -0.466 e. The lowest BCUT2D eigenvalue weighted by Crippen LogP contribution is -2.55. The maximum atomic E-state index is 12.6. The molecule has 0 N–H and O–H groups in total. The van der Waals surface area contributed by atoms with E-state index in [2.05, 4.69) is 0 Å². The number of esters is 1. The minimum absolute atomic E-state index is 0.0848. The van der Waals surface area contributed by atoms with Crippen molar-refractivity contribution >= 4 is 12.1 Å². The molecule has 2 aliphatic rings. The quantitative estimate of drug-likeness (QED) is 0.792. The van der Waals surface area contributed by atoms with Crippen molar-refractivity contribution in [2.45, 2.75) is 57.7 Å². The first-order valence-electron chi connectivity index (χ1n) is 8.84. The maximum absolute atomic E-state index is 12.6. The standard InChI is InChI=1S/C19H25NO4/c1-2-23-18(21)15-11-16-9-6-10-17(12-15)20(16)19(22)24-13-14-7-4-3-5-8-14/h3-5,7-8,15-17H,2,6,9-13H2,1H3. The molecule has 1 aromatic rings. The largest absolute Gasteiger partial charge is 0.466 e. The maximum Gasteiger partial charge on any atom is 0.410 e. The fourth-order valence-corrected chi connectivity index (χ4v) is 3.93. The highest BCUT2D eigenvalue weighted by atomic mass is 16.6. The van der Waals surface area contributed by atoms with Gasteiger partial charge in [-0.15, -0.1) is 0 Å². The molecule has 130 valence electrons. The number of carbonyl (C=O) groups excluding carboxylic acids is 2. The summed E-state index contributed by atoms with van der Waals surface area (Å²) in [6.07, 6.45) is 4.11. The molecule has 5 nitrogen and oxygen atoms in total. The molecule has 0 saturated carbocycles. The van der Waals surface area contributed by atoms with Crippen LogP contribution in [0.1, 0.15) is 44.6 Å². The van der Waals surface area contributed by atoms with Crippen LogP contribution in [0.5, 0.6) is 0 Å². The van der Waals surface area contributed by atoms with E-state index in [1.165, 1.54) is 0 Å². The Morgan fingerprint density at radius 2 is 1.75 bits per heavy atom. The van der Waals surface area contributed by atoms with E-state index in [1.807, 2.05) is 42.2 Å². The zero-order chi connectivity index (χ0) is 16.9. The zero-order valence-corrected chi connectivity index (χ0v) is 14.1. The van der Waals surface area contributed by atoms with Gasteiger partial charge in [0.25, 0.3) is 0 Å². The Morgan fingerprint density at radius 1 is 1.08 bits per heavy atom. The Morgan fingerprint density at radius 3 is 2.38 bits per heavy atom. The van der Waals surface area contributed by atoms with Gasteiger partial charge in [-0.25, -0.2) is 4.79 Å². The van der Waals surface area contributed by atoms with E-state index in [0.29, 0.717) is 19.4 Å². The molecule has 1 amide bonds. The van der Waals surface area contributed by atoms with E-state index in [0.717, 1.165) is 24.8 Å². The predicted molar refractivity (Wildman–Crippen MR) is 89.3 cm³/mol. The van der Waals surface area contributed by atoms with Crippen molar-refractivity contribution in [2.24, 2.45) is 5.92 Å². The number of benzene rings is 1. The Labute approximate surface area is 142 Å². The summed E-state index contributed by atoms with van der Waals surface area (Å²) in [5.41, 5.74) is 0.984. The fraction of sp³-hybridized carbons (Fsp3) is 0.579. The summed E-state index contributed by atoms with van der Waals surface area (Å²) in [5, 5.41) is 0. The molecular formula is C19H25NO4. The van der Waals surface area contributed by atoms with Crippen LogP contribution in [-0.2, 0) is 20.9 Å². The van der Waals surface area contributed by atoms with Crippen LogP contribution in [0.25, 0.3) is 0 Å². The highest BCUT2D eigenvalue weighted by molar-refractivity contribution is 5.74. The van der Waals surface area contributed by atoms with Crippen LogP contribution in [0.3, 0.4) is 0 Å². The highest BCUT2D eigenvalue weighted by Gasteiger charge is 2.44. The van der Waals surface area contributed by atoms with Gasteiger partial charge >= 0.3 is 12.1 Å². The molecule has 1 aromatic carbocycles. The third kappa shape index (κ3) is 3.71. The minimum atomic E-state index is -0.254. The summed E-state index contributed by atoms with van der Waals surface area (Å²) < 4.78 is 10.7. The number of piperidine rings is 2. The molecule has 5 heteroatoms. The summed E-state index contributed by atoms with van der Waals surface area (Å²) in [4.78, 5) is 26.5. The van der Waals surface area contributed by atoms with E-state index < -0.39 is 0 Å². The summed E-state index contributed by atoms with van der Waals surface area (Å²) in [6, 6.07) is 9.88. The first kappa shape index (κ1) is 16.8. The molecule has 2 atom stereocenters. The molecule has 0 spiro atoms. The van der Waals surface area contributed by atoms with Gasteiger partial charge in [0, 0.05) is 12.1 Å². The second kappa shape index (κ2) is 7.69. The second-order valence-corrected chi connectivity index (χ2v) is 6.61. The van der Waals surface area contributed by atoms with Crippen LogP contribution in [0.2, 0.25) is 0 Å². The molecule has 0 aromatic heterocycles. The van der Waals surface area contributed by atoms with Gasteiger partial charge in [-0.1, -0.05) is 30.3 Å². The van der Waals surface area contributed by atoms with Crippen molar-refractivity contribution in [3.63, 3.8) is 0 Å². The molecule has 2 aliphatic heterocycles. The van der Waals surface area contributed by atoms with Crippen LogP contribution < -0.4 is 0 Å². The highest BCUT2D eigenvalue weighted by Crippen LogP contribution is 2.38. The number of rotatable bonds is 4. The van der Waals surface area contributed by atoms with Crippen LogP contribution >= 0.6 is 0 Å². The number of hydrogen-bond acceptors (Lipinski definition) is 4. The Balaban J connectivity index is 1.61. The van der Waals surface area contributed by atoms with Gasteiger partial charge in [0.2, 0.25) is 0 Å². The van der Waals surface area contributed by atoms with Crippen molar-refractivity contribution in [3.05, 3.63) is 35.9 Å². The lowest BCUT2D eigenvalue weighted by atomic mass is 9.78. The van der Waals surface area contributed by atoms with E-state index in [1.54, 1.807) is 0 Å². The van der Waals surface area contributed by atoms with E-state index in [-0.39, 0.29) is 36.7 Å². The molecular weight excluding hydrogens is 306 g/mol. The zero-order valence-electron chi connectivity index (χ0n) is 14.1. The Kier molecular flexibility index (Phi) is 5.38. The molecule has 2 unspecified atom stereocenters. The Bertz CT molecular complexity index is 560. The molecule has 2 bridgehead atoms. The van der Waals surface area contributed by atoms with Gasteiger partial charge < -0.3 is 14.4 Å². The van der Waals surface area contributed by atoms with Gasteiger partial charge in [0.1, 0.15) is 6.61 Å². The monoisotopic (exact) mass is 331 g/mol. The lowest BCUT2D eigenvalue weighted by molar-refractivity contribution is -0.152. The third-order valence-electron chi connectivity index (χ3n) is 5.01. The Hall–Kier alpha value is -2.04. The fourth-order valence-electron chi connectivity index (χ4n) is 3.93. The molecule has 0 radical (unpaired) electrons. The van der Waals surface area contributed by atoms with Gasteiger partial charge in [0.05, 0.1) is 12.5 Å². The first-order valence-corrected chi connectivity index (χ1v) is 8.84. The smallest absolute Gasteiger partial charge is 0.410 e. The first-order chi connectivity index (χ1) is 11.7. The lowest BCUT2D eigenvalue weighted by Gasteiger charge is -2.47. The topological polar surface area (TPSA) is 55.8 Å². The van der Waals surface area contributed by atoms with Crippen molar-refractivity contribution < 1.29 is 19.1 Å². The van der Waals surface area contributed by atoms with E-state index in [4.69, 9.17) is 9.47 Å². The normalized spacial score (nSPS) is 25.9. The van der Waals surface area contributed by atoms with Gasteiger partial charge in [-0.3, -0.25) is 4.79 Å². The summed E-state index contributed by atoms with van der Waals surface area (Å²) in [7, 11) is 0. The molecule has 0 aliphatic carbocycles. The number of amides is 1. The molecule has 3 rings (SSSR count). The SMILES string of the molecule is CCOC(=O)C1CC2CCCC(C1)N2C(=O)OCc1ccccc1. The van der Waals surface area contributed by atoms with Crippen LogP contribution in [-0.4, -0.2) is 35.7 Å². The summed E-state index contributed by atoms with van der Waals surface area (Å²) >= 11 is 0. The average molecular weight is 331 g/mol. The molecule has 24 heavy (non-hydrogen) atoms. The van der Waals surface area contributed by atoms with Crippen molar-refractivity contribution in [3.8, 4) is 0 Å². The van der Waals surface area contributed by atoms with Crippen molar-refractivity contribution in [1.82, 2.24) is 4.90 Å². The van der Waals surface area contributed by atoms with E-state index in [9.17, 15) is 9.59 Å². The van der Waals surface area contributed by atoms with Crippen molar-refractivity contribution in [2.75, 3.05) is 6.61 Å². The third-order valence-corrected chi connectivity index (χ3v) is 5.01. The predicted octanol–water partition coefficient (Wildman–Crippen LogP) is 3.52. The van der Waals surface area contributed by atoms with Gasteiger partial charge in [-0.05, 0) is 44.6 Å². The number of fused-ring (bicyclic) bond motifs is 2. The van der Waals surface area contributed by atoms with Gasteiger partial charge in [0.15, 0.2) is 0 Å². The number of carbonyl (C=O) groups is 2. The molecule has 2 fully saturated rings. The number of hydrogen-bond donors (Lipinski definition) is 0. The van der Waals surface area contributed by atoms with Crippen LogP contribution in [0.4, 0.5) is 4.79 Å². The molecule has 2 saturated heterocycles. The summed E-state index contributed by atoms with van der Waals surface area (Å²) in [5.74, 6) is -0.204. The van der Waals surface area contributed by atoms with Crippen LogP contribution in [0.15, 0.2) is 30.3 Å². The molecule has 2 heterocycles. The number of nitrogens with zero attached hydrogens (tertiary/aromatic N) is 1.